The smallest absolute Gasteiger partial charge is 0.326 e. The number of hydrogen-bond acceptors (Lipinski definition) is 6. The van der Waals surface area contributed by atoms with E-state index >= 15 is 0 Å². The van der Waals surface area contributed by atoms with Crippen LogP contribution in [0.2, 0.25) is 0 Å². The number of nitrogens with one attached hydrogen (secondary N) is 1. The standard InChI is InChI=1S/C17H13FN4O5/c18-12-6-5-11(7-15(12)22(25)26)20-16(23)9-27-17(24)8-21-10-19-13-3-1-2-4-14(13)21/h1-7,10H,8-9H2,(H,20,23). The Labute approximate surface area is 151 Å². The zero-order valence-electron chi connectivity index (χ0n) is 13.8. The second-order valence-electron chi connectivity index (χ2n) is 5.49. The molecule has 0 bridgehead atoms. The van der Waals surface area contributed by atoms with Crippen LogP contribution in [0.1, 0.15) is 0 Å². The lowest BCUT2D eigenvalue weighted by Gasteiger charge is -2.07. The Hall–Kier alpha value is -3.82. The van der Waals surface area contributed by atoms with Crippen molar-refractivity contribution >= 4 is 34.3 Å². The Kier molecular flexibility index (Phi) is 5.06. The number of imidazole rings is 1. The molecule has 9 nitrogen and oxygen atoms in total. The van der Waals surface area contributed by atoms with Crippen LogP contribution in [0.3, 0.4) is 0 Å². The van der Waals surface area contributed by atoms with Gasteiger partial charge in [-0.25, -0.2) is 4.98 Å². The van der Waals surface area contributed by atoms with Crippen LogP contribution in [0.25, 0.3) is 11.0 Å². The van der Waals surface area contributed by atoms with Gasteiger partial charge in [0.05, 0.1) is 22.3 Å². The van der Waals surface area contributed by atoms with Crippen LogP contribution in [0.5, 0.6) is 0 Å². The molecule has 0 radical (unpaired) electrons. The number of amides is 1. The van der Waals surface area contributed by atoms with Crippen molar-refractivity contribution in [2.75, 3.05) is 11.9 Å². The van der Waals surface area contributed by atoms with E-state index in [0.29, 0.717) is 0 Å². The Balaban J connectivity index is 1.55. The highest BCUT2D eigenvalue weighted by atomic mass is 19.1. The van der Waals surface area contributed by atoms with Crippen molar-refractivity contribution in [2.45, 2.75) is 6.54 Å². The number of carbonyl (C=O) groups is 2. The van der Waals surface area contributed by atoms with Gasteiger partial charge in [-0.1, -0.05) is 12.1 Å². The van der Waals surface area contributed by atoms with Crippen LogP contribution >= 0.6 is 0 Å². The maximum Gasteiger partial charge on any atom is 0.326 e. The predicted molar refractivity (Wildman–Crippen MR) is 92.4 cm³/mol. The van der Waals surface area contributed by atoms with Crippen LogP contribution in [0.4, 0.5) is 15.8 Å². The molecule has 0 aliphatic rings. The molecule has 0 saturated heterocycles. The predicted octanol–water partition coefficient (Wildman–Crippen LogP) is 2.27. The van der Waals surface area contributed by atoms with E-state index in [-0.39, 0.29) is 12.2 Å². The van der Waals surface area contributed by atoms with Crippen molar-refractivity contribution in [3.63, 3.8) is 0 Å². The van der Waals surface area contributed by atoms with E-state index < -0.39 is 34.9 Å². The van der Waals surface area contributed by atoms with Gasteiger partial charge in [0, 0.05) is 11.8 Å². The fourth-order valence-electron chi connectivity index (χ4n) is 2.39. The third-order valence-electron chi connectivity index (χ3n) is 3.62. The van der Waals surface area contributed by atoms with Crippen molar-refractivity contribution < 1.29 is 23.6 Å². The number of nitrogens with zero attached hydrogens (tertiary/aromatic N) is 3. The van der Waals surface area contributed by atoms with E-state index in [1.54, 1.807) is 22.8 Å². The zero-order valence-corrected chi connectivity index (χ0v) is 13.8. The summed E-state index contributed by atoms with van der Waals surface area (Å²) >= 11 is 0. The fraction of sp³-hybridized carbons (Fsp3) is 0.118. The highest BCUT2D eigenvalue weighted by Crippen LogP contribution is 2.21. The number of halogens is 1. The molecule has 1 heterocycles. The summed E-state index contributed by atoms with van der Waals surface area (Å²) in [6, 6.07) is 10.1. The number of fused-ring (bicyclic) bond motifs is 1. The number of anilines is 1. The first-order valence-corrected chi connectivity index (χ1v) is 7.73. The zero-order chi connectivity index (χ0) is 19.4. The molecule has 0 saturated carbocycles. The minimum Gasteiger partial charge on any atom is -0.454 e. The second-order valence-corrected chi connectivity index (χ2v) is 5.49. The van der Waals surface area contributed by atoms with Crippen molar-refractivity contribution in [3.05, 3.63) is 64.7 Å². The van der Waals surface area contributed by atoms with Crippen LogP contribution in [0.15, 0.2) is 48.8 Å². The molecular weight excluding hydrogens is 359 g/mol. The summed E-state index contributed by atoms with van der Waals surface area (Å²) in [6.45, 7) is -0.716. The van der Waals surface area contributed by atoms with Crippen molar-refractivity contribution in [1.29, 1.82) is 0 Å². The minimum absolute atomic E-state index is 0.0183. The Morgan fingerprint density at radius 3 is 2.81 bits per heavy atom. The van der Waals surface area contributed by atoms with Gasteiger partial charge in [0.25, 0.3) is 5.91 Å². The topological polar surface area (TPSA) is 116 Å². The number of esters is 1. The Morgan fingerprint density at radius 1 is 1.26 bits per heavy atom. The van der Waals surface area contributed by atoms with E-state index in [4.69, 9.17) is 4.74 Å². The number of hydrogen-bond donors (Lipinski definition) is 1. The highest BCUT2D eigenvalue weighted by molar-refractivity contribution is 5.93. The number of aromatic nitrogens is 2. The first kappa shape index (κ1) is 18.0. The molecule has 0 unspecified atom stereocenters. The molecule has 10 heteroatoms. The van der Waals surface area contributed by atoms with E-state index in [0.717, 1.165) is 23.2 Å². The second kappa shape index (κ2) is 7.60. The highest BCUT2D eigenvalue weighted by Gasteiger charge is 2.16. The lowest BCUT2D eigenvalue weighted by Crippen LogP contribution is -2.22. The summed E-state index contributed by atoms with van der Waals surface area (Å²) in [6.07, 6.45) is 1.49. The van der Waals surface area contributed by atoms with Gasteiger partial charge in [0.2, 0.25) is 5.82 Å². The van der Waals surface area contributed by atoms with Crippen molar-refractivity contribution in [3.8, 4) is 0 Å². The molecule has 2 aromatic carbocycles. The SMILES string of the molecule is O=C(COC(=O)Cn1cnc2ccccc21)Nc1ccc(F)c([N+](=O)[O-])c1. The van der Waals surface area contributed by atoms with Crippen LogP contribution in [0, 0.1) is 15.9 Å². The van der Waals surface area contributed by atoms with E-state index in [2.05, 4.69) is 10.3 Å². The minimum atomic E-state index is -1.02. The number of nitro groups is 1. The molecule has 3 aromatic rings. The molecule has 1 aromatic heterocycles. The summed E-state index contributed by atoms with van der Waals surface area (Å²) in [5, 5.41) is 13.0. The maximum atomic E-state index is 13.3. The molecule has 27 heavy (non-hydrogen) atoms. The third-order valence-corrected chi connectivity index (χ3v) is 3.62. The average molecular weight is 372 g/mol. The molecule has 0 aliphatic carbocycles. The maximum absolute atomic E-state index is 13.3. The third kappa shape index (κ3) is 4.24. The van der Waals surface area contributed by atoms with E-state index in [1.165, 1.54) is 12.4 Å². The van der Waals surface area contributed by atoms with Crippen LogP contribution < -0.4 is 5.32 Å². The fourth-order valence-corrected chi connectivity index (χ4v) is 2.39. The van der Waals surface area contributed by atoms with Gasteiger partial charge >= 0.3 is 11.7 Å². The molecule has 1 amide bonds. The number of para-hydroxylation sites is 2. The van der Waals surface area contributed by atoms with Gasteiger partial charge in [0.1, 0.15) is 6.54 Å². The summed E-state index contributed by atoms with van der Waals surface area (Å²) in [4.78, 5) is 37.7. The molecule has 3 rings (SSSR count). The van der Waals surface area contributed by atoms with E-state index in [9.17, 15) is 24.1 Å². The van der Waals surface area contributed by atoms with Gasteiger partial charge in [0.15, 0.2) is 6.61 Å². The number of benzene rings is 2. The monoisotopic (exact) mass is 372 g/mol. The Bertz CT molecular complexity index is 1030. The van der Waals surface area contributed by atoms with Crippen LogP contribution in [-0.2, 0) is 20.9 Å². The molecule has 0 spiro atoms. The molecular formula is C17H13FN4O5. The number of ether oxygens (including phenoxy) is 1. The number of nitro benzene ring substituents is 1. The van der Waals surface area contributed by atoms with Gasteiger partial charge in [-0.2, -0.15) is 4.39 Å². The number of carbonyl (C=O) groups excluding carboxylic acids is 2. The summed E-state index contributed by atoms with van der Waals surface area (Å²) in [7, 11) is 0. The lowest BCUT2D eigenvalue weighted by atomic mass is 10.2. The van der Waals surface area contributed by atoms with Gasteiger partial charge in [-0.15, -0.1) is 0 Å². The Morgan fingerprint density at radius 2 is 2.04 bits per heavy atom. The first-order chi connectivity index (χ1) is 12.9. The summed E-state index contributed by atoms with van der Waals surface area (Å²) < 4.78 is 19.7. The van der Waals surface area contributed by atoms with Crippen molar-refractivity contribution in [2.24, 2.45) is 0 Å². The molecule has 138 valence electrons. The van der Waals surface area contributed by atoms with E-state index in [1.807, 2.05) is 6.07 Å². The molecule has 0 aliphatic heterocycles. The number of rotatable bonds is 6. The van der Waals surface area contributed by atoms with Crippen LogP contribution in [-0.4, -0.2) is 33.0 Å². The van der Waals surface area contributed by atoms with Gasteiger partial charge in [-0.3, -0.25) is 19.7 Å². The summed E-state index contributed by atoms with van der Waals surface area (Å²) in [5.41, 5.74) is 0.722. The molecule has 0 fully saturated rings. The van der Waals surface area contributed by atoms with Crippen molar-refractivity contribution in [1.82, 2.24) is 9.55 Å². The summed E-state index contributed by atoms with van der Waals surface area (Å²) in [5.74, 6) is -2.38. The lowest BCUT2D eigenvalue weighted by molar-refractivity contribution is -0.387. The molecule has 0 atom stereocenters. The quantitative estimate of drug-likeness (QED) is 0.403. The van der Waals surface area contributed by atoms with Gasteiger partial charge < -0.3 is 14.6 Å². The largest absolute Gasteiger partial charge is 0.454 e. The molecule has 1 N–H and O–H groups in total. The normalized spacial score (nSPS) is 10.6. The average Bonchev–Trinajstić information content (AvgIpc) is 3.04. The van der Waals surface area contributed by atoms with Gasteiger partial charge in [-0.05, 0) is 24.3 Å². The first-order valence-electron chi connectivity index (χ1n) is 7.73.